The molecule has 0 aliphatic carbocycles. The number of fused-ring (bicyclic) bond motifs is 1. The molecule has 0 spiro atoms. The molecule has 0 radical (unpaired) electrons. The summed E-state index contributed by atoms with van der Waals surface area (Å²) >= 11 is 8.54. The van der Waals surface area contributed by atoms with Gasteiger partial charge in [0.25, 0.3) is 11.8 Å². The molecular formula is C25H26BrN3O4S. The Morgan fingerprint density at radius 3 is 2.26 bits per heavy atom. The van der Waals surface area contributed by atoms with Crippen molar-refractivity contribution in [2.24, 2.45) is 0 Å². The molecule has 0 fully saturated rings. The van der Waals surface area contributed by atoms with E-state index in [1.807, 2.05) is 54.6 Å². The smallest absolute Gasteiger partial charge is 0.276 e. The minimum Gasteiger partial charge on any atom is -0.484 e. The van der Waals surface area contributed by atoms with Crippen LogP contribution in [0.15, 0.2) is 65.1 Å². The van der Waals surface area contributed by atoms with Crippen molar-refractivity contribution in [2.75, 3.05) is 13.2 Å². The highest BCUT2D eigenvalue weighted by molar-refractivity contribution is 9.10. The van der Waals surface area contributed by atoms with E-state index in [1.165, 1.54) is 5.56 Å². The topological polar surface area (TPSA) is 88.7 Å². The molecule has 0 bridgehead atoms. The molecule has 0 aliphatic rings. The number of ether oxygens (including phenoxy) is 2. The number of carbonyl (C=O) groups excluding carboxylic acids is 2. The van der Waals surface area contributed by atoms with E-state index >= 15 is 0 Å². The minimum atomic E-state index is -0.466. The van der Waals surface area contributed by atoms with E-state index in [-0.39, 0.29) is 23.7 Å². The van der Waals surface area contributed by atoms with Crippen LogP contribution in [-0.4, -0.2) is 30.1 Å². The van der Waals surface area contributed by atoms with Crippen molar-refractivity contribution in [2.45, 2.75) is 26.2 Å². The van der Waals surface area contributed by atoms with Crippen LogP contribution in [0, 0.1) is 0 Å². The Labute approximate surface area is 212 Å². The number of benzene rings is 3. The number of hydrogen-bond donors (Lipinski definition) is 3. The van der Waals surface area contributed by atoms with Crippen LogP contribution in [0.4, 0.5) is 0 Å². The Bertz CT molecular complexity index is 1190. The zero-order valence-corrected chi connectivity index (χ0v) is 21.5. The average Bonchev–Trinajstić information content (AvgIpc) is 2.81. The van der Waals surface area contributed by atoms with Gasteiger partial charge in [0.1, 0.15) is 11.5 Å². The van der Waals surface area contributed by atoms with Crippen molar-refractivity contribution in [1.82, 2.24) is 16.2 Å². The van der Waals surface area contributed by atoms with Gasteiger partial charge in [-0.3, -0.25) is 25.8 Å². The predicted molar refractivity (Wildman–Crippen MR) is 140 cm³/mol. The van der Waals surface area contributed by atoms with Gasteiger partial charge in [-0.15, -0.1) is 0 Å². The Balaban J connectivity index is 1.38. The van der Waals surface area contributed by atoms with E-state index in [4.69, 9.17) is 21.7 Å². The largest absolute Gasteiger partial charge is 0.484 e. The number of halogens is 1. The van der Waals surface area contributed by atoms with Gasteiger partial charge in [0, 0.05) is 0 Å². The molecule has 7 nitrogen and oxygen atoms in total. The zero-order chi connectivity index (χ0) is 24.7. The lowest BCUT2D eigenvalue weighted by Crippen LogP contribution is -2.50. The summed E-state index contributed by atoms with van der Waals surface area (Å²) in [5.41, 5.74) is 6.06. The van der Waals surface area contributed by atoms with Gasteiger partial charge in [-0.1, -0.05) is 63.2 Å². The first kappa shape index (κ1) is 25.5. The quantitative estimate of drug-likeness (QED) is 0.316. The number of hydrazine groups is 1. The van der Waals surface area contributed by atoms with Crippen molar-refractivity contribution < 1.29 is 19.1 Å². The lowest BCUT2D eigenvalue weighted by molar-refractivity contribution is -0.124. The van der Waals surface area contributed by atoms with Gasteiger partial charge in [-0.2, -0.15) is 0 Å². The van der Waals surface area contributed by atoms with Crippen LogP contribution < -0.4 is 25.6 Å². The molecule has 178 valence electrons. The maximum atomic E-state index is 12.1. The first-order chi connectivity index (χ1) is 16.1. The Kier molecular flexibility index (Phi) is 8.46. The number of rotatable bonds is 6. The van der Waals surface area contributed by atoms with Crippen molar-refractivity contribution in [3.8, 4) is 11.5 Å². The molecule has 0 saturated heterocycles. The first-order valence-corrected chi connectivity index (χ1v) is 11.8. The van der Waals surface area contributed by atoms with Crippen molar-refractivity contribution in [1.29, 1.82) is 0 Å². The molecule has 3 aromatic carbocycles. The number of hydrogen-bond acceptors (Lipinski definition) is 5. The molecule has 9 heteroatoms. The van der Waals surface area contributed by atoms with Gasteiger partial charge in [-0.25, -0.2) is 0 Å². The Morgan fingerprint density at radius 2 is 1.56 bits per heavy atom. The molecule has 2 amide bonds. The summed E-state index contributed by atoms with van der Waals surface area (Å²) in [6, 6.07) is 19.1. The van der Waals surface area contributed by atoms with E-state index in [1.54, 1.807) is 6.07 Å². The van der Waals surface area contributed by atoms with Crippen molar-refractivity contribution >= 4 is 55.8 Å². The highest BCUT2D eigenvalue weighted by Gasteiger charge is 2.14. The fraction of sp³-hybridized carbons (Fsp3) is 0.240. The molecule has 0 saturated carbocycles. The number of nitrogens with one attached hydrogen (secondary N) is 3. The fourth-order valence-electron chi connectivity index (χ4n) is 3.02. The first-order valence-electron chi connectivity index (χ1n) is 10.6. The summed E-state index contributed by atoms with van der Waals surface area (Å²) in [4.78, 5) is 24.1. The summed E-state index contributed by atoms with van der Waals surface area (Å²) in [6.45, 7) is 5.91. The molecule has 0 aromatic heterocycles. The Morgan fingerprint density at radius 1 is 0.882 bits per heavy atom. The van der Waals surface area contributed by atoms with Crippen LogP contribution in [0.2, 0.25) is 0 Å². The highest BCUT2D eigenvalue weighted by atomic mass is 79.9. The van der Waals surface area contributed by atoms with Gasteiger partial charge < -0.3 is 9.47 Å². The average molecular weight is 544 g/mol. The SMILES string of the molecule is CC(C)(C)c1ccc(OCC(=O)NC(=S)NNC(=O)COc2ccc3ccccc3c2Br)cc1. The van der Waals surface area contributed by atoms with Crippen LogP contribution in [0.25, 0.3) is 10.8 Å². The van der Waals surface area contributed by atoms with Crippen LogP contribution in [0.1, 0.15) is 26.3 Å². The third-order valence-corrected chi connectivity index (χ3v) is 5.87. The highest BCUT2D eigenvalue weighted by Crippen LogP contribution is 2.33. The van der Waals surface area contributed by atoms with E-state index in [9.17, 15) is 9.59 Å². The maximum Gasteiger partial charge on any atom is 0.276 e. The summed E-state index contributed by atoms with van der Waals surface area (Å²) in [5.74, 6) is 0.194. The van der Waals surface area contributed by atoms with Crippen LogP contribution >= 0.6 is 28.1 Å². The maximum absolute atomic E-state index is 12.1. The monoisotopic (exact) mass is 543 g/mol. The van der Waals surface area contributed by atoms with Gasteiger partial charge in [-0.05, 0) is 68.1 Å². The van der Waals surface area contributed by atoms with E-state index in [0.717, 1.165) is 15.2 Å². The number of thiocarbonyl (C=S) groups is 1. The summed E-state index contributed by atoms with van der Waals surface area (Å²) in [6.07, 6.45) is 0. The lowest BCUT2D eigenvalue weighted by atomic mass is 9.87. The standard InChI is InChI=1S/C25H26BrN3O4S/c1-25(2,3)17-9-11-18(12-10-17)32-14-21(30)27-24(34)29-28-22(31)15-33-20-13-8-16-6-4-5-7-19(16)23(20)26/h4-13H,14-15H2,1-3H3,(H,28,31)(H2,27,29,30,34). The normalized spacial score (nSPS) is 10.9. The molecule has 34 heavy (non-hydrogen) atoms. The molecule has 0 aliphatic heterocycles. The molecule has 3 rings (SSSR count). The molecule has 0 atom stereocenters. The lowest BCUT2D eigenvalue weighted by Gasteiger charge is -2.19. The predicted octanol–water partition coefficient (Wildman–Crippen LogP) is 4.38. The molecule has 0 heterocycles. The third-order valence-electron chi connectivity index (χ3n) is 4.85. The van der Waals surface area contributed by atoms with Gasteiger partial charge in [0.15, 0.2) is 18.3 Å². The van der Waals surface area contributed by atoms with Gasteiger partial charge in [0.05, 0.1) is 4.47 Å². The fourth-order valence-corrected chi connectivity index (χ4v) is 3.80. The second-order valence-electron chi connectivity index (χ2n) is 8.50. The minimum absolute atomic E-state index is 0.0369. The number of amides is 2. The van der Waals surface area contributed by atoms with E-state index < -0.39 is 11.8 Å². The van der Waals surface area contributed by atoms with Crippen LogP contribution in [0.3, 0.4) is 0 Å². The third kappa shape index (κ3) is 7.16. The summed E-state index contributed by atoms with van der Waals surface area (Å²) in [7, 11) is 0. The second-order valence-corrected chi connectivity index (χ2v) is 9.70. The van der Waals surface area contributed by atoms with Crippen LogP contribution in [0.5, 0.6) is 11.5 Å². The molecular weight excluding hydrogens is 518 g/mol. The molecule has 0 unspecified atom stereocenters. The number of carbonyl (C=O) groups is 2. The van der Waals surface area contributed by atoms with Gasteiger partial charge in [0.2, 0.25) is 0 Å². The van der Waals surface area contributed by atoms with E-state index in [0.29, 0.717) is 11.5 Å². The summed E-state index contributed by atoms with van der Waals surface area (Å²) < 4.78 is 11.8. The van der Waals surface area contributed by atoms with Crippen molar-refractivity contribution in [3.05, 3.63) is 70.7 Å². The van der Waals surface area contributed by atoms with Crippen LogP contribution in [-0.2, 0) is 15.0 Å². The summed E-state index contributed by atoms with van der Waals surface area (Å²) in [5, 5.41) is 4.42. The van der Waals surface area contributed by atoms with Gasteiger partial charge >= 0.3 is 0 Å². The van der Waals surface area contributed by atoms with E-state index in [2.05, 4.69) is 52.9 Å². The molecule has 3 N–H and O–H groups in total. The zero-order valence-electron chi connectivity index (χ0n) is 19.1. The second kappa shape index (κ2) is 11.3. The Hall–Kier alpha value is -3.17. The molecule has 3 aromatic rings. The van der Waals surface area contributed by atoms with Crippen molar-refractivity contribution in [3.63, 3.8) is 0 Å².